The quantitative estimate of drug-likeness (QED) is 0.721. The molecule has 0 bridgehead atoms. The largest absolute Gasteiger partial charge is 0.329 e. The fraction of sp³-hybridized carbons (Fsp3) is 0.435. The number of thiophene rings is 1. The highest BCUT2D eigenvalue weighted by molar-refractivity contribution is 7.14. The average molecular weight is 426 g/mol. The van der Waals surface area contributed by atoms with Gasteiger partial charge in [-0.25, -0.2) is 4.79 Å². The summed E-state index contributed by atoms with van der Waals surface area (Å²) in [6, 6.07) is 8.94. The van der Waals surface area contributed by atoms with E-state index in [0.29, 0.717) is 11.6 Å². The number of hydrogen-bond acceptors (Lipinski definition) is 4. The topological polar surface area (TPSA) is 78.5 Å². The van der Waals surface area contributed by atoms with Crippen molar-refractivity contribution in [2.24, 2.45) is 11.3 Å². The van der Waals surface area contributed by atoms with Crippen LogP contribution in [0.4, 0.5) is 10.5 Å². The number of fused-ring (bicyclic) bond motifs is 1. The van der Waals surface area contributed by atoms with Crippen LogP contribution in [0.2, 0.25) is 0 Å². The van der Waals surface area contributed by atoms with Crippen molar-refractivity contribution in [1.29, 1.82) is 0 Å². The highest BCUT2D eigenvalue weighted by Crippen LogP contribution is 2.40. The molecule has 2 aliphatic rings. The molecule has 6 nitrogen and oxygen atoms in total. The van der Waals surface area contributed by atoms with E-state index in [0.717, 1.165) is 23.3 Å². The van der Waals surface area contributed by atoms with Crippen LogP contribution in [0.15, 0.2) is 30.3 Å². The van der Waals surface area contributed by atoms with Crippen LogP contribution in [-0.2, 0) is 24.2 Å². The van der Waals surface area contributed by atoms with E-state index in [1.165, 1.54) is 21.8 Å². The molecule has 1 aliphatic carbocycles. The molecule has 30 heavy (non-hydrogen) atoms. The molecule has 0 radical (unpaired) electrons. The summed E-state index contributed by atoms with van der Waals surface area (Å²) in [6.45, 7) is 7.09. The Balaban J connectivity index is 1.44. The van der Waals surface area contributed by atoms with Gasteiger partial charge in [0.05, 0.1) is 18.0 Å². The highest BCUT2D eigenvalue weighted by Gasteiger charge is 2.31. The number of nitrogens with zero attached hydrogens (tertiary/aromatic N) is 1. The maximum absolute atomic E-state index is 12.8. The number of anilines is 1. The molecule has 1 fully saturated rings. The minimum Gasteiger partial charge on any atom is -0.329 e. The predicted molar refractivity (Wildman–Crippen MR) is 118 cm³/mol. The predicted octanol–water partition coefficient (Wildman–Crippen LogP) is 4.20. The van der Waals surface area contributed by atoms with E-state index in [1.54, 1.807) is 17.4 Å². The normalized spacial score (nSPS) is 18.9. The molecule has 4 rings (SSSR count). The van der Waals surface area contributed by atoms with E-state index < -0.39 is 0 Å². The molecule has 1 saturated heterocycles. The summed E-state index contributed by atoms with van der Waals surface area (Å²) in [5.41, 5.74) is 3.03. The van der Waals surface area contributed by atoms with Crippen molar-refractivity contribution in [2.45, 2.75) is 46.6 Å². The first kappa shape index (κ1) is 20.6. The Bertz CT molecular complexity index is 989. The SMILES string of the molecule is CC(C)(C)[C@H]1CCc2sc(C(=O)Nc3cccc(CN4C(=O)CNC4=O)c3)cc2C1. The van der Waals surface area contributed by atoms with Crippen LogP contribution in [0, 0.1) is 11.3 Å². The second-order valence-corrected chi connectivity index (χ2v) is 10.3. The van der Waals surface area contributed by atoms with Crippen LogP contribution < -0.4 is 10.6 Å². The number of hydrogen-bond donors (Lipinski definition) is 2. The Morgan fingerprint density at radius 2 is 2.07 bits per heavy atom. The Kier molecular flexibility index (Phi) is 5.40. The number of carbonyl (C=O) groups is 3. The number of aryl methyl sites for hydroxylation is 1. The van der Waals surface area contributed by atoms with Crippen LogP contribution >= 0.6 is 11.3 Å². The number of urea groups is 1. The van der Waals surface area contributed by atoms with Gasteiger partial charge in [-0.15, -0.1) is 11.3 Å². The van der Waals surface area contributed by atoms with Crippen molar-refractivity contribution in [1.82, 2.24) is 10.2 Å². The number of carbonyl (C=O) groups excluding carboxylic acids is 3. The van der Waals surface area contributed by atoms with Gasteiger partial charge < -0.3 is 10.6 Å². The molecular formula is C23H27N3O3S. The van der Waals surface area contributed by atoms with Gasteiger partial charge in [-0.2, -0.15) is 0 Å². The van der Waals surface area contributed by atoms with Crippen LogP contribution in [0.1, 0.15) is 52.9 Å². The first-order valence-electron chi connectivity index (χ1n) is 10.3. The molecule has 1 aromatic carbocycles. The number of rotatable bonds is 4. The lowest BCUT2D eigenvalue weighted by Gasteiger charge is -2.33. The van der Waals surface area contributed by atoms with E-state index >= 15 is 0 Å². The summed E-state index contributed by atoms with van der Waals surface area (Å²) < 4.78 is 0. The summed E-state index contributed by atoms with van der Waals surface area (Å²) in [6.07, 6.45) is 3.24. The molecule has 0 unspecified atom stereocenters. The van der Waals surface area contributed by atoms with Crippen molar-refractivity contribution in [2.75, 3.05) is 11.9 Å². The lowest BCUT2D eigenvalue weighted by atomic mass is 9.72. The standard InChI is InChI=1S/C23H27N3O3S/c1-23(2,3)16-7-8-18-15(10-16)11-19(30-18)21(28)25-17-6-4-5-14(9-17)13-26-20(27)12-24-22(26)29/h4-6,9,11,16H,7-8,10,12-13H2,1-3H3,(H,24,29)(H,25,28)/t16-/m0/s1. The number of benzene rings is 1. The summed E-state index contributed by atoms with van der Waals surface area (Å²) in [5.74, 6) is 0.277. The van der Waals surface area contributed by atoms with Crippen molar-refractivity contribution in [3.63, 3.8) is 0 Å². The van der Waals surface area contributed by atoms with Gasteiger partial charge in [-0.3, -0.25) is 14.5 Å². The molecule has 4 amide bonds. The van der Waals surface area contributed by atoms with Crippen molar-refractivity contribution in [3.8, 4) is 0 Å². The Morgan fingerprint density at radius 1 is 1.27 bits per heavy atom. The molecule has 0 saturated carbocycles. The Morgan fingerprint density at radius 3 is 2.77 bits per heavy atom. The van der Waals surface area contributed by atoms with E-state index in [4.69, 9.17) is 0 Å². The second-order valence-electron chi connectivity index (χ2n) is 9.16. The van der Waals surface area contributed by atoms with E-state index in [2.05, 4.69) is 31.4 Å². The molecular weight excluding hydrogens is 398 g/mol. The summed E-state index contributed by atoms with van der Waals surface area (Å²) in [5, 5.41) is 5.48. The maximum atomic E-state index is 12.8. The summed E-state index contributed by atoms with van der Waals surface area (Å²) in [7, 11) is 0. The molecule has 2 aromatic rings. The van der Waals surface area contributed by atoms with Gasteiger partial charge >= 0.3 is 6.03 Å². The van der Waals surface area contributed by atoms with Gasteiger partial charge in [0, 0.05) is 10.6 Å². The molecule has 1 atom stereocenters. The number of amides is 4. The van der Waals surface area contributed by atoms with Crippen molar-refractivity contribution < 1.29 is 14.4 Å². The van der Waals surface area contributed by atoms with Crippen LogP contribution in [-0.4, -0.2) is 29.3 Å². The van der Waals surface area contributed by atoms with E-state index in [9.17, 15) is 14.4 Å². The molecule has 7 heteroatoms. The van der Waals surface area contributed by atoms with Gasteiger partial charge in [0.2, 0.25) is 5.91 Å². The first-order chi connectivity index (χ1) is 14.2. The molecule has 158 valence electrons. The summed E-state index contributed by atoms with van der Waals surface area (Å²) in [4.78, 5) is 39.6. The fourth-order valence-corrected chi connectivity index (χ4v) is 5.22. The number of imide groups is 1. The Hall–Kier alpha value is -2.67. The van der Waals surface area contributed by atoms with Crippen molar-refractivity contribution in [3.05, 3.63) is 51.2 Å². The van der Waals surface area contributed by atoms with Gasteiger partial charge in [0.1, 0.15) is 0 Å². The molecule has 2 N–H and O–H groups in total. The zero-order valence-electron chi connectivity index (χ0n) is 17.6. The van der Waals surface area contributed by atoms with Gasteiger partial charge in [-0.1, -0.05) is 32.9 Å². The minimum atomic E-state index is -0.382. The number of nitrogens with one attached hydrogen (secondary N) is 2. The lowest BCUT2D eigenvalue weighted by Crippen LogP contribution is -2.30. The minimum absolute atomic E-state index is 0.0361. The smallest absolute Gasteiger partial charge is 0.324 e. The Labute approximate surface area is 180 Å². The fourth-order valence-electron chi connectivity index (χ4n) is 4.11. The van der Waals surface area contributed by atoms with Crippen LogP contribution in [0.25, 0.3) is 0 Å². The third kappa shape index (κ3) is 4.26. The zero-order chi connectivity index (χ0) is 21.5. The highest BCUT2D eigenvalue weighted by atomic mass is 32.1. The van der Waals surface area contributed by atoms with Gasteiger partial charge in [0.15, 0.2) is 0 Å². The second kappa shape index (κ2) is 7.87. The van der Waals surface area contributed by atoms with Crippen LogP contribution in [0.5, 0.6) is 0 Å². The van der Waals surface area contributed by atoms with E-state index in [-0.39, 0.29) is 36.3 Å². The van der Waals surface area contributed by atoms with Gasteiger partial charge in [0.25, 0.3) is 5.91 Å². The third-order valence-electron chi connectivity index (χ3n) is 5.99. The maximum Gasteiger partial charge on any atom is 0.324 e. The molecule has 1 aliphatic heterocycles. The molecule has 0 spiro atoms. The molecule has 2 heterocycles. The average Bonchev–Trinajstić information content (AvgIpc) is 3.25. The zero-order valence-corrected chi connectivity index (χ0v) is 18.4. The first-order valence-corrected chi connectivity index (χ1v) is 11.1. The third-order valence-corrected chi connectivity index (χ3v) is 7.23. The van der Waals surface area contributed by atoms with E-state index in [1.807, 2.05) is 24.3 Å². The summed E-state index contributed by atoms with van der Waals surface area (Å²) >= 11 is 1.59. The monoisotopic (exact) mass is 425 g/mol. The molecule has 1 aromatic heterocycles. The lowest BCUT2D eigenvalue weighted by molar-refractivity contribution is -0.125. The van der Waals surface area contributed by atoms with Gasteiger partial charge in [-0.05, 0) is 59.9 Å². The van der Waals surface area contributed by atoms with Crippen molar-refractivity contribution >= 4 is 34.9 Å². The van der Waals surface area contributed by atoms with Crippen LogP contribution in [0.3, 0.4) is 0 Å².